The Labute approximate surface area is 181 Å². The number of benzene rings is 1. The van der Waals surface area contributed by atoms with Crippen LogP contribution in [0.1, 0.15) is 31.4 Å². The summed E-state index contributed by atoms with van der Waals surface area (Å²) in [6.07, 6.45) is 5.00. The van der Waals surface area contributed by atoms with Crippen molar-refractivity contribution < 1.29 is 23.5 Å². The minimum Gasteiger partial charge on any atom is -0.484 e. The Bertz CT molecular complexity index is 904. The summed E-state index contributed by atoms with van der Waals surface area (Å²) in [6, 6.07) is 10.6. The fraction of sp³-hybridized carbons (Fsp3) is 0.435. The van der Waals surface area contributed by atoms with Gasteiger partial charge in [0.05, 0.1) is 18.7 Å². The molecule has 0 saturated carbocycles. The van der Waals surface area contributed by atoms with E-state index in [2.05, 4.69) is 5.32 Å². The van der Waals surface area contributed by atoms with Gasteiger partial charge in [-0.05, 0) is 55.7 Å². The van der Waals surface area contributed by atoms with Crippen LogP contribution in [0.15, 0.2) is 47.1 Å². The third-order valence-electron chi connectivity index (χ3n) is 5.73. The lowest BCUT2D eigenvalue weighted by atomic mass is 10.1. The number of hydrogen-bond acceptors (Lipinski definition) is 5. The Hall–Kier alpha value is -3.29. The first-order valence-electron chi connectivity index (χ1n) is 10.7. The van der Waals surface area contributed by atoms with E-state index in [1.807, 2.05) is 4.90 Å². The Morgan fingerprint density at radius 3 is 2.58 bits per heavy atom. The van der Waals surface area contributed by atoms with Gasteiger partial charge in [-0.15, -0.1) is 0 Å². The average molecular weight is 425 g/mol. The summed E-state index contributed by atoms with van der Waals surface area (Å²) < 4.78 is 10.8. The van der Waals surface area contributed by atoms with Crippen molar-refractivity contribution in [3.05, 3.63) is 48.4 Å². The number of rotatable bonds is 7. The van der Waals surface area contributed by atoms with Gasteiger partial charge in [0.25, 0.3) is 5.91 Å². The topological polar surface area (TPSA) is 92.1 Å². The maximum atomic E-state index is 12.4. The SMILES string of the molecule is O=C(NCc1ccco1)[C@H]1CC(=O)N(c2ccc(OCC(=O)N3CCCCC3)cc2)C1. The maximum Gasteiger partial charge on any atom is 0.260 e. The summed E-state index contributed by atoms with van der Waals surface area (Å²) in [5, 5.41) is 2.82. The van der Waals surface area contributed by atoms with E-state index in [4.69, 9.17) is 9.15 Å². The molecule has 1 aromatic carbocycles. The number of nitrogens with one attached hydrogen (secondary N) is 1. The summed E-state index contributed by atoms with van der Waals surface area (Å²) in [7, 11) is 0. The molecule has 8 nitrogen and oxygen atoms in total. The lowest BCUT2D eigenvalue weighted by Gasteiger charge is -2.26. The first-order valence-corrected chi connectivity index (χ1v) is 10.7. The summed E-state index contributed by atoms with van der Waals surface area (Å²) in [4.78, 5) is 40.5. The highest BCUT2D eigenvalue weighted by Gasteiger charge is 2.35. The van der Waals surface area contributed by atoms with Crippen molar-refractivity contribution in [2.45, 2.75) is 32.2 Å². The fourth-order valence-corrected chi connectivity index (χ4v) is 3.97. The lowest BCUT2D eigenvalue weighted by Crippen LogP contribution is -2.38. The van der Waals surface area contributed by atoms with Crippen LogP contribution in [0.4, 0.5) is 5.69 Å². The molecule has 0 aliphatic carbocycles. The number of hydrogen-bond donors (Lipinski definition) is 1. The van der Waals surface area contributed by atoms with Crippen LogP contribution >= 0.6 is 0 Å². The van der Waals surface area contributed by atoms with Gasteiger partial charge in [0, 0.05) is 31.7 Å². The van der Waals surface area contributed by atoms with Crippen molar-refractivity contribution in [3.8, 4) is 5.75 Å². The molecule has 31 heavy (non-hydrogen) atoms. The number of anilines is 1. The van der Waals surface area contributed by atoms with E-state index >= 15 is 0 Å². The molecule has 164 valence electrons. The zero-order chi connectivity index (χ0) is 21.6. The summed E-state index contributed by atoms with van der Waals surface area (Å²) in [6.45, 7) is 2.25. The zero-order valence-electron chi connectivity index (χ0n) is 17.4. The molecule has 3 heterocycles. The maximum absolute atomic E-state index is 12.4. The molecule has 1 atom stereocenters. The van der Waals surface area contributed by atoms with Crippen LogP contribution in [-0.2, 0) is 20.9 Å². The number of furan rings is 1. The standard InChI is InChI=1S/C23H27N3O5/c27-21-13-17(23(29)24-14-20-5-4-12-30-20)15-26(21)18-6-8-19(9-7-18)31-16-22(28)25-10-2-1-3-11-25/h4-9,12,17H,1-3,10-11,13-16H2,(H,24,29)/t17-/m0/s1. The van der Waals surface area contributed by atoms with E-state index in [-0.39, 0.29) is 30.7 Å². The van der Waals surface area contributed by atoms with E-state index < -0.39 is 5.92 Å². The molecule has 0 spiro atoms. The van der Waals surface area contributed by atoms with Crippen LogP contribution in [0, 0.1) is 5.92 Å². The molecule has 3 amide bonds. The van der Waals surface area contributed by atoms with Gasteiger partial charge >= 0.3 is 0 Å². The molecule has 2 aromatic rings. The molecule has 2 aliphatic rings. The van der Waals surface area contributed by atoms with Gasteiger partial charge < -0.3 is 24.3 Å². The van der Waals surface area contributed by atoms with Crippen LogP contribution in [0.25, 0.3) is 0 Å². The van der Waals surface area contributed by atoms with Gasteiger partial charge in [-0.25, -0.2) is 0 Å². The van der Waals surface area contributed by atoms with Gasteiger partial charge in [0.15, 0.2) is 6.61 Å². The molecular formula is C23H27N3O5. The van der Waals surface area contributed by atoms with Crippen molar-refractivity contribution in [2.24, 2.45) is 5.92 Å². The predicted octanol–water partition coefficient (Wildman–Crippen LogP) is 2.34. The third-order valence-corrected chi connectivity index (χ3v) is 5.73. The normalized spacial score (nSPS) is 18.8. The molecule has 1 aromatic heterocycles. The zero-order valence-corrected chi connectivity index (χ0v) is 17.4. The second-order valence-electron chi connectivity index (χ2n) is 7.93. The second-order valence-corrected chi connectivity index (χ2v) is 7.93. The van der Waals surface area contributed by atoms with Gasteiger partial charge in [-0.1, -0.05) is 0 Å². The average Bonchev–Trinajstić information content (AvgIpc) is 3.46. The van der Waals surface area contributed by atoms with Gasteiger partial charge in [-0.2, -0.15) is 0 Å². The first kappa shape index (κ1) is 21.0. The van der Waals surface area contributed by atoms with Crippen molar-refractivity contribution >= 4 is 23.4 Å². The second kappa shape index (κ2) is 9.68. The molecule has 0 radical (unpaired) electrons. The lowest BCUT2D eigenvalue weighted by molar-refractivity contribution is -0.134. The molecule has 2 fully saturated rings. The summed E-state index contributed by atoms with van der Waals surface area (Å²) >= 11 is 0. The van der Waals surface area contributed by atoms with Crippen LogP contribution in [-0.4, -0.2) is 48.9 Å². The van der Waals surface area contributed by atoms with E-state index in [1.165, 1.54) is 6.42 Å². The number of nitrogens with zero attached hydrogens (tertiary/aromatic N) is 2. The molecule has 1 N–H and O–H groups in total. The summed E-state index contributed by atoms with van der Waals surface area (Å²) in [5.74, 6) is 0.593. The molecule has 0 unspecified atom stereocenters. The third kappa shape index (κ3) is 5.25. The van der Waals surface area contributed by atoms with Crippen molar-refractivity contribution in [1.29, 1.82) is 0 Å². The number of carbonyl (C=O) groups excluding carboxylic acids is 3. The van der Waals surface area contributed by atoms with E-state index in [1.54, 1.807) is 47.6 Å². The minimum absolute atomic E-state index is 0.00176. The van der Waals surface area contributed by atoms with Gasteiger partial charge in [-0.3, -0.25) is 14.4 Å². The van der Waals surface area contributed by atoms with Crippen LogP contribution in [0.5, 0.6) is 5.75 Å². The molecule has 4 rings (SSSR count). The Balaban J connectivity index is 1.27. The Morgan fingerprint density at radius 1 is 1.10 bits per heavy atom. The molecule has 8 heteroatoms. The fourth-order valence-electron chi connectivity index (χ4n) is 3.97. The quantitative estimate of drug-likeness (QED) is 0.735. The molecular weight excluding hydrogens is 398 g/mol. The monoisotopic (exact) mass is 425 g/mol. The smallest absolute Gasteiger partial charge is 0.260 e. The van der Waals surface area contributed by atoms with Crippen LogP contribution < -0.4 is 15.0 Å². The van der Waals surface area contributed by atoms with Gasteiger partial charge in [0.2, 0.25) is 11.8 Å². The number of carbonyl (C=O) groups is 3. The number of piperidine rings is 1. The number of ether oxygens (including phenoxy) is 1. The highest BCUT2D eigenvalue weighted by molar-refractivity contribution is 6.00. The predicted molar refractivity (Wildman–Crippen MR) is 113 cm³/mol. The number of likely N-dealkylation sites (tertiary alicyclic amines) is 1. The Kier molecular flexibility index (Phi) is 6.54. The van der Waals surface area contributed by atoms with E-state index in [9.17, 15) is 14.4 Å². The van der Waals surface area contributed by atoms with Crippen LogP contribution in [0.2, 0.25) is 0 Å². The minimum atomic E-state index is -0.402. The van der Waals surface area contributed by atoms with Crippen molar-refractivity contribution in [2.75, 3.05) is 31.1 Å². The molecule has 0 bridgehead atoms. The van der Waals surface area contributed by atoms with Gasteiger partial charge in [0.1, 0.15) is 11.5 Å². The molecule has 2 saturated heterocycles. The number of amides is 3. The van der Waals surface area contributed by atoms with Crippen LogP contribution in [0.3, 0.4) is 0 Å². The first-order chi connectivity index (χ1) is 15.1. The highest BCUT2D eigenvalue weighted by atomic mass is 16.5. The van der Waals surface area contributed by atoms with E-state index in [0.29, 0.717) is 30.3 Å². The van der Waals surface area contributed by atoms with E-state index in [0.717, 1.165) is 25.9 Å². The summed E-state index contributed by atoms with van der Waals surface area (Å²) in [5.41, 5.74) is 0.709. The highest BCUT2D eigenvalue weighted by Crippen LogP contribution is 2.27. The molecule has 2 aliphatic heterocycles. The van der Waals surface area contributed by atoms with Crippen molar-refractivity contribution in [1.82, 2.24) is 10.2 Å². The largest absolute Gasteiger partial charge is 0.484 e. The Morgan fingerprint density at radius 2 is 1.87 bits per heavy atom. The van der Waals surface area contributed by atoms with Crippen molar-refractivity contribution in [3.63, 3.8) is 0 Å².